The van der Waals surface area contributed by atoms with E-state index in [1.165, 1.54) is 16.9 Å². The summed E-state index contributed by atoms with van der Waals surface area (Å²) in [7, 11) is 6.42. The summed E-state index contributed by atoms with van der Waals surface area (Å²) in [6, 6.07) is 2.68. The molecule has 4 heteroatoms. The molecule has 2 unspecified atom stereocenters. The molecule has 1 rings (SSSR count). The Balaban J connectivity index is 2.65. The van der Waals surface area contributed by atoms with E-state index in [9.17, 15) is 0 Å². The fraction of sp³-hybridized carbons (Fsp3) is 0.714. The van der Waals surface area contributed by atoms with Gasteiger partial charge in [0.25, 0.3) is 0 Å². The standard InChI is InChI=1S/C14H27N3S/c1-11-7-10-18-14(11)13(12(2)15)17(5)9-6-8-16(3)4/h7,10,12-13H,6,8-9,15H2,1-5H3. The van der Waals surface area contributed by atoms with Crippen LogP contribution >= 0.6 is 11.3 Å². The molecule has 1 aromatic rings. The molecule has 0 aliphatic heterocycles. The number of likely N-dealkylation sites (N-methyl/N-ethyl adjacent to an activating group) is 1. The first-order valence-electron chi connectivity index (χ1n) is 6.58. The van der Waals surface area contributed by atoms with Gasteiger partial charge in [0.2, 0.25) is 0 Å². The lowest BCUT2D eigenvalue weighted by Crippen LogP contribution is -2.38. The molecule has 3 nitrogen and oxygen atoms in total. The van der Waals surface area contributed by atoms with Crippen molar-refractivity contribution in [2.45, 2.75) is 32.4 Å². The summed E-state index contributed by atoms with van der Waals surface area (Å²) in [5.41, 5.74) is 7.55. The van der Waals surface area contributed by atoms with Crippen molar-refractivity contribution in [3.63, 3.8) is 0 Å². The molecule has 1 aromatic heterocycles. The summed E-state index contributed by atoms with van der Waals surface area (Å²) in [6.45, 7) is 6.49. The largest absolute Gasteiger partial charge is 0.326 e. The van der Waals surface area contributed by atoms with Gasteiger partial charge in [0.05, 0.1) is 6.04 Å². The second-order valence-corrected chi connectivity index (χ2v) is 6.36. The van der Waals surface area contributed by atoms with Gasteiger partial charge in [0.1, 0.15) is 0 Å². The van der Waals surface area contributed by atoms with Gasteiger partial charge in [0, 0.05) is 10.9 Å². The third-order valence-electron chi connectivity index (χ3n) is 3.26. The molecule has 2 atom stereocenters. The van der Waals surface area contributed by atoms with E-state index in [4.69, 9.17) is 5.73 Å². The lowest BCUT2D eigenvalue weighted by atomic mass is 10.0. The van der Waals surface area contributed by atoms with Gasteiger partial charge in [-0.3, -0.25) is 4.90 Å². The molecule has 0 amide bonds. The molecule has 0 aliphatic rings. The van der Waals surface area contributed by atoms with Crippen LogP contribution in [0.5, 0.6) is 0 Å². The Morgan fingerprint density at radius 1 is 1.28 bits per heavy atom. The van der Waals surface area contributed by atoms with E-state index in [2.05, 4.69) is 56.2 Å². The van der Waals surface area contributed by atoms with Gasteiger partial charge >= 0.3 is 0 Å². The van der Waals surface area contributed by atoms with Crippen LogP contribution in [0.4, 0.5) is 0 Å². The van der Waals surface area contributed by atoms with Crippen LogP contribution < -0.4 is 5.73 Å². The van der Waals surface area contributed by atoms with Crippen LogP contribution in [0.2, 0.25) is 0 Å². The number of hydrogen-bond donors (Lipinski definition) is 1. The molecule has 104 valence electrons. The van der Waals surface area contributed by atoms with Gasteiger partial charge in [-0.05, 0) is 71.5 Å². The number of aryl methyl sites for hydroxylation is 1. The Hall–Kier alpha value is -0.420. The summed E-state index contributed by atoms with van der Waals surface area (Å²) < 4.78 is 0. The third kappa shape index (κ3) is 4.35. The van der Waals surface area contributed by atoms with E-state index in [1.54, 1.807) is 0 Å². The highest BCUT2D eigenvalue weighted by molar-refractivity contribution is 7.10. The molecular weight excluding hydrogens is 242 g/mol. The highest BCUT2D eigenvalue weighted by Gasteiger charge is 2.23. The second-order valence-electron chi connectivity index (χ2n) is 5.41. The Morgan fingerprint density at radius 3 is 2.39 bits per heavy atom. The fourth-order valence-electron chi connectivity index (χ4n) is 2.30. The topological polar surface area (TPSA) is 32.5 Å². The van der Waals surface area contributed by atoms with Gasteiger partial charge < -0.3 is 10.6 Å². The Kier molecular flexibility index (Phi) is 6.29. The SMILES string of the molecule is Cc1ccsc1C(C(C)N)N(C)CCCN(C)C. The number of hydrogen-bond acceptors (Lipinski definition) is 4. The number of nitrogens with two attached hydrogens (primary N) is 1. The predicted molar refractivity (Wildman–Crippen MR) is 81.2 cm³/mol. The first kappa shape index (κ1) is 15.6. The lowest BCUT2D eigenvalue weighted by molar-refractivity contribution is 0.211. The molecule has 2 N–H and O–H groups in total. The Labute approximate surface area is 116 Å². The minimum atomic E-state index is 0.159. The van der Waals surface area contributed by atoms with E-state index < -0.39 is 0 Å². The minimum Gasteiger partial charge on any atom is -0.326 e. The highest BCUT2D eigenvalue weighted by Crippen LogP contribution is 2.29. The molecule has 0 fully saturated rings. The van der Waals surface area contributed by atoms with E-state index >= 15 is 0 Å². The van der Waals surface area contributed by atoms with Crippen LogP contribution in [0.1, 0.15) is 29.8 Å². The van der Waals surface area contributed by atoms with Crippen LogP contribution in [0.3, 0.4) is 0 Å². The van der Waals surface area contributed by atoms with E-state index in [0.29, 0.717) is 6.04 Å². The molecule has 1 heterocycles. The molecule has 0 radical (unpaired) electrons. The molecule has 0 aliphatic carbocycles. The monoisotopic (exact) mass is 269 g/mol. The van der Waals surface area contributed by atoms with Crippen LogP contribution in [-0.2, 0) is 0 Å². The van der Waals surface area contributed by atoms with Crippen molar-refractivity contribution < 1.29 is 0 Å². The fourth-order valence-corrected chi connectivity index (χ4v) is 3.51. The van der Waals surface area contributed by atoms with Gasteiger partial charge in [-0.15, -0.1) is 11.3 Å². The molecule has 0 spiro atoms. The number of nitrogens with zero attached hydrogens (tertiary/aromatic N) is 2. The summed E-state index contributed by atoms with van der Waals surface area (Å²) in [5.74, 6) is 0. The van der Waals surface area contributed by atoms with Crippen molar-refractivity contribution >= 4 is 11.3 Å². The lowest BCUT2D eigenvalue weighted by Gasteiger charge is -2.31. The third-order valence-corrected chi connectivity index (χ3v) is 4.35. The Morgan fingerprint density at radius 2 is 1.94 bits per heavy atom. The van der Waals surface area contributed by atoms with Gasteiger partial charge in [-0.2, -0.15) is 0 Å². The van der Waals surface area contributed by atoms with Crippen molar-refractivity contribution in [3.8, 4) is 0 Å². The maximum atomic E-state index is 6.18. The molecular formula is C14H27N3S. The smallest absolute Gasteiger partial charge is 0.0590 e. The summed E-state index contributed by atoms with van der Waals surface area (Å²) in [6.07, 6.45) is 1.18. The normalized spacial score (nSPS) is 15.3. The zero-order valence-electron chi connectivity index (χ0n) is 12.3. The average Bonchev–Trinajstić information content (AvgIpc) is 2.64. The molecule has 0 bridgehead atoms. The van der Waals surface area contributed by atoms with Crippen molar-refractivity contribution in [3.05, 3.63) is 21.9 Å². The predicted octanol–water partition coefficient (Wildman–Crippen LogP) is 2.33. The van der Waals surface area contributed by atoms with Crippen LogP contribution in [0.25, 0.3) is 0 Å². The molecule has 0 aromatic carbocycles. The average molecular weight is 269 g/mol. The number of rotatable bonds is 7. The first-order chi connectivity index (χ1) is 8.43. The van der Waals surface area contributed by atoms with Crippen molar-refractivity contribution in [1.29, 1.82) is 0 Å². The van der Waals surface area contributed by atoms with Crippen molar-refractivity contribution in [2.75, 3.05) is 34.2 Å². The van der Waals surface area contributed by atoms with Crippen molar-refractivity contribution in [1.82, 2.24) is 9.80 Å². The summed E-state index contributed by atoms with van der Waals surface area (Å²) in [5, 5.41) is 2.16. The van der Waals surface area contributed by atoms with Gasteiger partial charge in [-0.1, -0.05) is 0 Å². The van der Waals surface area contributed by atoms with Crippen LogP contribution in [0, 0.1) is 6.92 Å². The van der Waals surface area contributed by atoms with Gasteiger partial charge in [-0.25, -0.2) is 0 Å². The van der Waals surface area contributed by atoms with Crippen LogP contribution in [-0.4, -0.2) is 50.1 Å². The zero-order chi connectivity index (χ0) is 13.7. The van der Waals surface area contributed by atoms with Crippen molar-refractivity contribution in [2.24, 2.45) is 5.73 Å². The Bertz CT molecular complexity index is 347. The maximum Gasteiger partial charge on any atom is 0.0590 e. The van der Waals surface area contributed by atoms with Crippen LogP contribution in [0.15, 0.2) is 11.4 Å². The number of thiophene rings is 1. The van der Waals surface area contributed by atoms with Gasteiger partial charge in [0.15, 0.2) is 0 Å². The first-order valence-corrected chi connectivity index (χ1v) is 7.46. The molecule has 0 saturated heterocycles. The second kappa shape index (κ2) is 7.24. The minimum absolute atomic E-state index is 0.159. The molecule has 0 saturated carbocycles. The molecule has 18 heavy (non-hydrogen) atoms. The van der Waals surface area contributed by atoms with E-state index in [1.807, 2.05) is 11.3 Å². The highest BCUT2D eigenvalue weighted by atomic mass is 32.1. The van der Waals surface area contributed by atoms with E-state index in [0.717, 1.165) is 13.1 Å². The summed E-state index contributed by atoms with van der Waals surface area (Å²) >= 11 is 1.82. The summed E-state index contributed by atoms with van der Waals surface area (Å²) in [4.78, 5) is 6.04. The maximum absolute atomic E-state index is 6.18. The zero-order valence-corrected chi connectivity index (χ0v) is 13.1. The van der Waals surface area contributed by atoms with E-state index in [-0.39, 0.29) is 6.04 Å². The quantitative estimate of drug-likeness (QED) is 0.824.